The largest absolute Gasteiger partial charge is 0.349 e. The van der Waals surface area contributed by atoms with E-state index in [4.69, 9.17) is 0 Å². The zero-order chi connectivity index (χ0) is 14.7. The third kappa shape index (κ3) is 3.26. The third-order valence-electron chi connectivity index (χ3n) is 3.99. The van der Waals surface area contributed by atoms with Gasteiger partial charge in [-0.05, 0) is 47.4 Å². The zero-order valence-corrected chi connectivity index (χ0v) is 12.1. The summed E-state index contributed by atoms with van der Waals surface area (Å²) in [6.45, 7) is 2.25. The van der Waals surface area contributed by atoms with Gasteiger partial charge in [-0.1, -0.05) is 25.8 Å². The third-order valence-corrected chi connectivity index (χ3v) is 3.99. The van der Waals surface area contributed by atoms with Gasteiger partial charge < -0.3 is 5.32 Å². The van der Waals surface area contributed by atoms with Crippen LogP contribution in [0.25, 0.3) is 5.69 Å². The predicted octanol–water partition coefficient (Wildman–Crippen LogP) is 1.97. The van der Waals surface area contributed by atoms with Gasteiger partial charge >= 0.3 is 0 Å². The smallest absolute Gasteiger partial charge is 0.251 e. The number of amides is 1. The Balaban J connectivity index is 1.71. The number of carbonyl (C=O) groups is 1. The lowest BCUT2D eigenvalue weighted by molar-refractivity contribution is 0.0921. The standard InChI is InChI=1S/C15H19N5O/c1-11-4-2-6-13(8-11)17-15(21)12-5-3-7-14(9-12)20-10-16-18-19-20/h3,5,7,9-11,13H,2,4,6,8H2,1H3,(H,17,21). The van der Waals surface area contributed by atoms with Crippen LogP contribution in [0.2, 0.25) is 0 Å². The summed E-state index contributed by atoms with van der Waals surface area (Å²) < 4.78 is 1.54. The minimum Gasteiger partial charge on any atom is -0.349 e. The van der Waals surface area contributed by atoms with Gasteiger partial charge in [-0.25, -0.2) is 4.68 Å². The van der Waals surface area contributed by atoms with Gasteiger partial charge in [-0.2, -0.15) is 0 Å². The van der Waals surface area contributed by atoms with E-state index in [2.05, 4.69) is 27.8 Å². The number of aromatic nitrogens is 4. The molecule has 1 amide bonds. The molecule has 0 radical (unpaired) electrons. The summed E-state index contributed by atoms with van der Waals surface area (Å²) in [6, 6.07) is 7.62. The lowest BCUT2D eigenvalue weighted by Crippen LogP contribution is -2.38. The second-order valence-corrected chi connectivity index (χ2v) is 5.75. The molecule has 1 saturated carbocycles. The molecule has 0 bridgehead atoms. The van der Waals surface area contributed by atoms with Crippen molar-refractivity contribution in [1.82, 2.24) is 25.5 Å². The molecule has 1 aliphatic rings. The summed E-state index contributed by atoms with van der Waals surface area (Å²) in [5, 5.41) is 14.2. The molecule has 1 aromatic carbocycles. The first-order chi connectivity index (χ1) is 10.2. The highest BCUT2D eigenvalue weighted by Crippen LogP contribution is 2.23. The summed E-state index contributed by atoms with van der Waals surface area (Å²) in [5.41, 5.74) is 1.42. The Bertz CT molecular complexity index is 610. The number of benzene rings is 1. The Hall–Kier alpha value is -2.24. The van der Waals surface area contributed by atoms with Crippen molar-refractivity contribution in [2.75, 3.05) is 0 Å². The van der Waals surface area contributed by atoms with Gasteiger partial charge in [0.25, 0.3) is 5.91 Å². The molecule has 0 spiro atoms. The number of hydrogen-bond acceptors (Lipinski definition) is 4. The van der Waals surface area contributed by atoms with Gasteiger partial charge in [-0.3, -0.25) is 4.79 Å². The van der Waals surface area contributed by atoms with Crippen LogP contribution in [0, 0.1) is 5.92 Å². The summed E-state index contributed by atoms with van der Waals surface area (Å²) in [4.78, 5) is 12.4. The molecule has 2 aromatic rings. The van der Waals surface area contributed by atoms with Crippen molar-refractivity contribution in [3.05, 3.63) is 36.2 Å². The Morgan fingerprint density at radius 3 is 3.05 bits per heavy atom. The maximum atomic E-state index is 12.4. The van der Waals surface area contributed by atoms with E-state index in [1.165, 1.54) is 19.2 Å². The molecule has 1 fully saturated rings. The van der Waals surface area contributed by atoms with E-state index in [0.717, 1.165) is 18.5 Å². The van der Waals surface area contributed by atoms with Gasteiger partial charge in [0.15, 0.2) is 0 Å². The molecule has 1 aliphatic carbocycles. The van der Waals surface area contributed by atoms with E-state index in [1.54, 1.807) is 10.7 Å². The van der Waals surface area contributed by atoms with Crippen LogP contribution in [-0.2, 0) is 0 Å². The molecule has 2 unspecified atom stereocenters. The molecule has 6 heteroatoms. The minimum absolute atomic E-state index is 0.0241. The van der Waals surface area contributed by atoms with Crippen molar-refractivity contribution >= 4 is 5.91 Å². The first kappa shape index (κ1) is 13.7. The summed E-state index contributed by atoms with van der Waals surface area (Å²) in [5.74, 6) is 0.667. The highest BCUT2D eigenvalue weighted by molar-refractivity contribution is 5.94. The molecule has 1 N–H and O–H groups in total. The maximum Gasteiger partial charge on any atom is 0.251 e. The van der Waals surface area contributed by atoms with Crippen molar-refractivity contribution in [1.29, 1.82) is 0 Å². The Morgan fingerprint density at radius 2 is 2.29 bits per heavy atom. The van der Waals surface area contributed by atoms with Crippen LogP contribution in [0.15, 0.2) is 30.6 Å². The van der Waals surface area contributed by atoms with Crippen molar-refractivity contribution in [2.24, 2.45) is 5.92 Å². The van der Waals surface area contributed by atoms with Crippen molar-refractivity contribution < 1.29 is 4.79 Å². The fraction of sp³-hybridized carbons (Fsp3) is 0.467. The van der Waals surface area contributed by atoms with Crippen LogP contribution < -0.4 is 5.32 Å². The number of rotatable bonds is 3. The molecule has 110 valence electrons. The lowest BCUT2D eigenvalue weighted by Gasteiger charge is -2.27. The zero-order valence-electron chi connectivity index (χ0n) is 12.1. The molecule has 1 heterocycles. The molecule has 0 saturated heterocycles. The Labute approximate surface area is 123 Å². The molecule has 3 rings (SSSR count). The van der Waals surface area contributed by atoms with E-state index in [-0.39, 0.29) is 11.9 Å². The first-order valence-corrected chi connectivity index (χ1v) is 7.36. The number of nitrogens with one attached hydrogen (secondary N) is 1. The molecule has 1 aromatic heterocycles. The second-order valence-electron chi connectivity index (χ2n) is 5.75. The fourth-order valence-electron chi connectivity index (χ4n) is 2.90. The fourth-order valence-corrected chi connectivity index (χ4v) is 2.90. The van der Waals surface area contributed by atoms with Gasteiger partial charge in [0.05, 0.1) is 5.69 Å². The van der Waals surface area contributed by atoms with E-state index in [1.807, 2.05) is 18.2 Å². The van der Waals surface area contributed by atoms with Gasteiger partial charge in [0.1, 0.15) is 6.33 Å². The predicted molar refractivity (Wildman–Crippen MR) is 78.0 cm³/mol. The average Bonchev–Trinajstić information content (AvgIpc) is 3.02. The molecular weight excluding hydrogens is 266 g/mol. The number of tetrazole rings is 1. The minimum atomic E-state index is -0.0241. The van der Waals surface area contributed by atoms with E-state index in [0.29, 0.717) is 11.5 Å². The lowest BCUT2D eigenvalue weighted by atomic mass is 9.87. The molecule has 0 aliphatic heterocycles. The molecule has 21 heavy (non-hydrogen) atoms. The highest BCUT2D eigenvalue weighted by atomic mass is 16.1. The SMILES string of the molecule is CC1CCCC(NC(=O)c2cccc(-n3cnnn3)c2)C1. The van der Waals surface area contributed by atoms with Crippen LogP contribution in [-0.4, -0.2) is 32.2 Å². The summed E-state index contributed by atoms with van der Waals surface area (Å²) in [7, 11) is 0. The maximum absolute atomic E-state index is 12.4. The van der Waals surface area contributed by atoms with Crippen LogP contribution in [0.4, 0.5) is 0 Å². The Morgan fingerprint density at radius 1 is 1.38 bits per heavy atom. The van der Waals surface area contributed by atoms with E-state index in [9.17, 15) is 4.79 Å². The number of carbonyl (C=O) groups excluding carboxylic acids is 1. The van der Waals surface area contributed by atoms with Gasteiger partial charge in [-0.15, -0.1) is 5.10 Å². The summed E-state index contributed by atoms with van der Waals surface area (Å²) in [6.07, 6.45) is 6.11. The van der Waals surface area contributed by atoms with Crippen LogP contribution >= 0.6 is 0 Å². The van der Waals surface area contributed by atoms with Gasteiger partial charge in [0.2, 0.25) is 0 Å². The molecular formula is C15H19N5O. The van der Waals surface area contributed by atoms with Crippen molar-refractivity contribution in [3.8, 4) is 5.69 Å². The van der Waals surface area contributed by atoms with Gasteiger partial charge in [0, 0.05) is 11.6 Å². The highest BCUT2D eigenvalue weighted by Gasteiger charge is 2.21. The quantitative estimate of drug-likeness (QED) is 0.935. The average molecular weight is 285 g/mol. The summed E-state index contributed by atoms with van der Waals surface area (Å²) >= 11 is 0. The second kappa shape index (κ2) is 6.03. The van der Waals surface area contributed by atoms with Crippen molar-refractivity contribution in [2.45, 2.75) is 38.6 Å². The molecule has 2 atom stereocenters. The number of hydrogen-bond donors (Lipinski definition) is 1. The van der Waals surface area contributed by atoms with E-state index < -0.39 is 0 Å². The first-order valence-electron chi connectivity index (χ1n) is 7.36. The molecule has 6 nitrogen and oxygen atoms in total. The van der Waals surface area contributed by atoms with Crippen LogP contribution in [0.3, 0.4) is 0 Å². The topological polar surface area (TPSA) is 72.7 Å². The van der Waals surface area contributed by atoms with E-state index >= 15 is 0 Å². The Kier molecular flexibility index (Phi) is 3.94. The number of nitrogens with zero attached hydrogens (tertiary/aromatic N) is 4. The van der Waals surface area contributed by atoms with Crippen LogP contribution in [0.5, 0.6) is 0 Å². The monoisotopic (exact) mass is 285 g/mol. The van der Waals surface area contributed by atoms with Crippen LogP contribution in [0.1, 0.15) is 43.0 Å². The van der Waals surface area contributed by atoms with Crippen molar-refractivity contribution in [3.63, 3.8) is 0 Å². The normalized spacial score (nSPS) is 22.0.